The number of halogens is 3. The molecule has 3 heterocycles. The number of aromatic nitrogens is 3. The maximum absolute atomic E-state index is 6.22. The van der Waals surface area contributed by atoms with Crippen LogP contribution in [0.25, 0.3) is 16.2 Å². The molecule has 3 aromatic rings. The first-order valence-corrected chi connectivity index (χ1v) is 8.28. The molecule has 0 bridgehead atoms. The summed E-state index contributed by atoms with van der Waals surface area (Å²) in [7, 11) is 0. The van der Waals surface area contributed by atoms with E-state index < -0.39 is 0 Å². The Bertz CT molecular complexity index is 904. The van der Waals surface area contributed by atoms with Crippen molar-refractivity contribution in [1.29, 1.82) is 0 Å². The van der Waals surface area contributed by atoms with E-state index in [2.05, 4.69) is 20.3 Å². The summed E-state index contributed by atoms with van der Waals surface area (Å²) in [6, 6.07) is 1.76. The van der Waals surface area contributed by atoms with Crippen molar-refractivity contribution in [2.24, 2.45) is 21.7 Å². The molecule has 0 fully saturated rings. The van der Waals surface area contributed by atoms with Crippen LogP contribution in [-0.2, 0) is 0 Å². The molecule has 0 unspecified atom stereocenters. The van der Waals surface area contributed by atoms with E-state index in [0.717, 1.165) is 15.5 Å². The van der Waals surface area contributed by atoms with Crippen molar-refractivity contribution >= 4 is 75.4 Å². The topological polar surface area (TPSA) is 107 Å². The van der Waals surface area contributed by atoms with Gasteiger partial charge in [0, 0.05) is 5.56 Å². The summed E-state index contributed by atoms with van der Waals surface area (Å²) in [6.07, 6.45) is 1.48. The molecule has 0 radical (unpaired) electrons. The SMILES string of the molecule is Cc1nn2c(/C=N/N=C(N)N)c(-c3cc(Cl)sc3Cl)nc2s1.Cl. The van der Waals surface area contributed by atoms with E-state index in [1.165, 1.54) is 28.9 Å². The monoisotopic (exact) mass is 409 g/mol. The fourth-order valence-corrected chi connectivity index (χ4v) is 4.04. The quantitative estimate of drug-likeness (QED) is 0.393. The van der Waals surface area contributed by atoms with Crippen molar-refractivity contribution in [3.05, 3.63) is 25.4 Å². The smallest absolute Gasteiger partial charge is 0.213 e. The van der Waals surface area contributed by atoms with Gasteiger partial charge in [0.05, 0.1) is 10.6 Å². The zero-order valence-corrected chi connectivity index (χ0v) is 15.5. The Labute approximate surface area is 155 Å². The third kappa shape index (κ3) is 3.59. The van der Waals surface area contributed by atoms with E-state index in [0.29, 0.717) is 20.1 Å². The maximum atomic E-state index is 6.22. The van der Waals surface area contributed by atoms with Crippen LogP contribution < -0.4 is 11.5 Å². The van der Waals surface area contributed by atoms with Gasteiger partial charge in [0.1, 0.15) is 20.7 Å². The molecule has 0 amide bonds. The minimum absolute atomic E-state index is 0. The number of nitrogens with zero attached hydrogens (tertiary/aromatic N) is 5. The summed E-state index contributed by atoms with van der Waals surface area (Å²) < 4.78 is 2.79. The fraction of sp³-hybridized carbons (Fsp3) is 0.0909. The van der Waals surface area contributed by atoms with Crippen LogP contribution in [0.4, 0.5) is 0 Å². The highest BCUT2D eigenvalue weighted by molar-refractivity contribution is 7.20. The van der Waals surface area contributed by atoms with Gasteiger partial charge in [-0.3, -0.25) is 0 Å². The average molecular weight is 411 g/mol. The van der Waals surface area contributed by atoms with Crippen LogP contribution in [0, 0.1) is 6.92 Å². The van der Waals surface area contributed by atoms with Gasteiger partial charge in [-0.25, -0.2) is 9.50 Å². The molecule has 0 spiro atoms. The van der Waals surface area contributed by atoms with Gasteiger partial charge in [-0.15, -0.1) is 28.8 Å². The van der Waals surface area contributed by atoms with Gasteiger partial charge in [-0.05, 0) is 13.0 Å². The zero-order valence-electron chi connectivity index (χ0n) is 11.5. The van der Waals surface area contributed by atoms with Crippen molar-refractivity contribution in [2.45, 2.75) is 6.92 Å². The Hall–Kier alpha value is -1.39. The molecule has 3 rings (SSSR count). The van der Waals surface area contributed by atoms with Gasteiger partial charge >= 0.3 is 0 Å². The van der Waals surface area contributed by atoms with Crippen molar-refractivity contribution in [3.8, 4) is 11.3 Å². The lowest BCUT2D eigenvalue weighted by molar-refractivity contribution is 0.938. The summed E-state index contributed by atoms with van der Waals surface area (Å²) >= 11 is 15.0. The van der Waals surface area contributed by atoms with Crippen LogP contribution in [0.1, 0.15) is 10.7 Å². The Balaban J connectivity index is 0.00000192. The molecule has 0 aliphatic heterocycles. The van der Waals surface area contributed by atoms with Gasteiger partial charge in [0.2, 0.25) is 10.9 Å². The molecule has 0 saturated carbocycles. The number of hydrogen-bond donors (Lipinski definition) is 2. The summed E-state index contributed by atoms with van der Waals surface area (Å²) in [6.45, 7) is 1.89. The fourth-order valence-electron chi connectivity index (χ4n) is 1.83. The second kappa shape index (κ2) is 7.02. The Morgan fingerprint density at radius 3 is 2.70 bits per heavy atom. The van der Waals surface area contributed by atoms with Crippen molar-refractivity contribution in [3.63, 3.8) is 0 Å². The lowest BCUT2D eigenvalue weighted by Crippen LogP contribution is -2.21. The Morgan fingerprint density at radius 2 is 2.09 bits per heavy atom. The zero-order chi connectivity index (χ0) is 15.9. The molecule has 7 nitrogen and oxygen atoms in total. The number of thiophene rings is 1. The number of nitrogens with two attached hydrogens (primary N) is 2. The molecule has 0 aromatic carbocycles. The Kier molecular flexibility index (Phi) is 5.48. The molecular weight excluding hydrogens is 401 g/mol. The molecule has 0 aliphatic carbocycles. The van der Waals surface area contributed by atoms with Gasteiger partial charge < -0.3 is 11.5 Å². The van der Waals surface area contributed by atoms with Crippen LogP contribution >= 0.6 is 58.3 Å². The first-order valence-electron chi connectivity index (χ1n) is 5.89. The highest BCUT2D eigenvalue weighted by Crippen LogP contribution is 2.39. The predicted octanol–water partition coefficient (Wildman–Crippen LogP) is 3.16. The third-order valence-corrected chi connectivity index (χ3v) is 4.92. The van der Waals surface area contributed by atoms with E-state index in [1.54, 1.807) is 10.6 Å². The third-order valence-electron chi connectivity index (χ3n) is 2.60. The minimum atomic E-state index is -0.135. The van der Waals surface area contributed by atoms with Crippen LogP contribution in [0.3, 0.4) is 0 Å². The number of fused-ring (bicyclic) bond motifs is 1. The standard InChI is InChI=1S/C11H9Cl2N7S2.ClH/c1-4-19-20-6(3-16-18-10(14)15)8(17-11(20)21-4)5-2-7(12)22-9(5)13;/h2-3H,1H3,(H4,14,15,18);1H/b16-3+;. The Morgan fingerprint density at radius 1 is 1.35 bits per heavy atom. The van der Waals surface area contributed by atoms with Crippen LogP contribution in [0.5, 0.6) is 0 Å². The highest BCUT2D eigenvalue weighted by Gasteiger charge is 2.19. The van der Waals surface area contributed by atoms with Crippen molar-refractivity contribution in [2.75, 3.05) is 0 Å². The highest BCUT2D eigenvalue weighted by atomic mass is 35.5. The molecule has 0 aliphatic rings. The van der Waals surface area contributed by atoms with Gasteiger partial charge in [0.25, 0.3) is 0 Å². The van der Waals surface area contributed by atoms with E-state index in [-0.39, 0.29) is 18.4 Å². The summed E-state index contributed by atoms with van der Waals surface area (Å²) in [5.74, 6) is -0.135. The maximum Gasteiger partial charge on any atom is 0.213 e. The first-order chi connectivity index (χ1) is 10.5. The second-order valence-electron chi connectivity index (χ2n) is 4.17. The van der Waals surface area contributed by atoms with Crippen LogP contribution in [0.15, 0.2) is 16.3 Å². The predicted molar refractivity (Wildman–Crippen MR) is 99.6 cm³/mol. The van der Waals surface area contributed by atoms with E-state index in [1.807, 2.05) is 6.92 Å². The molecule has 0 saturated heterocycles. The second-order valence-corrected chi connectivity index (χ2v) is 7.61. The van der Waals surface area contributed by atoms with Crippen molar-refractivity contribution in [1.82, 2.24) is 14.6 Å². The molecule has 3 aromatic heterocycles. The average Bonchev–Trinajstić information content (AvgIpc) is 3.03. The molecule has 23 heavy (non-hydrogen) atoms. The van der Waals surface area contributed by atoms with Gasteiger partial charge in [-0.2, -0.15) is 10.2 Å². The summed E-state index contributed by atoms with van der Waals surface area (Å²) in [5.41, 5.74) is 12.5. The van der Waals surface area contributed by atoms with E-state index in [9.17, 15) is 0 Å². The lowest BCUT2D eigenvalue weighted by atomic mass is 10.2. The summed E-state index contributed by atoms with van der Waals surface area (Å²) in [4.78, 5) is 5.28. The molecule has 4 N–H and O–H groups in total. The molecule has 122 valence electrons. The van der Waals surface area contributed by atoms with Crippen LogP contribution in [0.2, 0.25) is 8.67 Å². The number of hydrogen-bond acceptors (Lipinski definition) is 6. The number of rotatable bonds is 3. The normalized spacial score (nSPS) is 11.1. The summed E-state index contributed by atoms with van der Waals surface area (Å²) in [5, 5.41) is 12.7. The number of aryl methyl sites for hydroxylation is 1. The molecule has 0 atom stereocenters. The first kappa shape index (κ1) is 18.0. The minimum Gasteiger partial charge on any atom is -0.369 e. The lowest BCUT2D eigenvalue weighted by Gasteiger charge is -1.96. The molecular formula is C11H10Cl3N7S2. The van der Waals surface area contributed by atoms with E-state index in [4.69, 9.17) is 34.7 Å². The van der Waals surface area contributed by atoms with Gasteiger partial charge in [-0.1, -0.05) is 34.5 Å². The van der Waals surface area contributed by atoms with Crippen molar-refractivity contribution < 1.29 is 0 Å². The number of imidazole rings is 1. The number of guanidine groups is 1. The van der Waals surface area contributed by atoms with Crippen LogP contribution in [-0.4, -0.2) is 26.8 Å². The largest absolute Gasteiger partial charge is 0.369 e. The molecule has 12 heteroatoms. The van der Waals surface area contributed by atoms with Gasteiger partial charge in [0.15, 0.2) is 0 Å². The van der Waals surface area contributed by atoms with E-state index >= 15 is 0 Å².